The van der Waals surface area contributed by atoms with Crippen LogP contribution < -0.4 is 0 Å². The van der Waals surface area contributed by atoms with Crippen molar-refractivity contribution in [2.24, 2.45) is 5.92 Å². The van der Waals surface area contributed by atoms with E-state index in [1.807, 2.05) is 59.2 Å². The molecule has 2 heterocycles. The summed E-state index contributed by atoms with van der Waals surface area (Å²) in [4.78, 5) is 30.2. The molecule has 2 aromatic rings. The van der Waals surface area contributed by atoms with Crippen LogP contribution in [0.3, 0.4) is 0 Å². The van der Waals surface area contributed by atoms with Crippen LogP contribution in [-0.4, -0.2) is 47.8 Å². The van der Waals surface area contributed by atoms with E-state index >= 15 is 0 Å². The lowest BCUT2D eigenvalue weighted by Crippen LogP contribution is -2.37. The van der Waals surface area contributed by atoms with E-state index in [-0.39, 0.29) is 23.7 Å². The molecule has 2 saturated heterocycles. The minimum Gasteiger partial charge on any atom is -0.342 e. The molecule has 2 aromatic carbocycles. The van der Waals surface area contributed by atoms with E-state index in [4.69, 9.17) is 0 Å². The zero-order chi connectivity index (χ0) is 18.8. The molecule has 0 bridgehead atoms. The lowest BCUT2D eigenvalue weighted by atomic mass is 9.88. The van der Waals surface area contributed by atoms with E-state index in [9.17, 15) is 9.59 Å². The van der Waals surface area contributed by atoms with E-state index in [0.29, 0.717) is 13.1 Å². The van der Waals surface area contributed by atoms with Gasteiger partial charge in [-0.15, -0.1) is 0 Å². The van der Waals surface area contributed by atoms with Crippen LogP contribution in [-0.2, 0) is 4.79 Å². The molecule has 27 heavy (non-hydrogen) atoms. The quantitative estimate of drug-likeness (QED) is 0.839. The third-order valence-electron chi connectivity index (χ3n) is 5.95. The Hall–Kier alpha value is -2.62. The summed E-state index contributed by atoms with van der Waals surface area (Å²) in [5.41, 5.74) is 2.86. The highest BCUT2D eigenvalue weighted by Gasteiger charge is 2.42. The molecule has 2 amide bonds. The Bertz CT molecular complexity index is 827. The van der Waals surface area contributed by atoms with Crippen molar-refractivity contribution in [3.63, 3.8) is 0 Å². The van der Waals surface area contributed by atoms with E-state index in [2.05, 4.69) is 12.1 Å². The number of aryl methyl sites for hydroxylation is 1. The van der Waals surface area contributed by atoms with Crippen LogP contribution in [0.25, 0.3) is 0 Å². The molecular weight excluding hydrogens is 336 g/mol. The summed E-state index contributed by atoms with van der Waals surface area (Å²) in [7, 11) is 0. The van der Waals surface area contributed by atoms with E-state index in [0.717, 1.165) is 42.6 Å². The number of carbonyl (C=O) groups excluding carboxylic acids is 2. The number of rotatable bonds is 3. The summed E-state index contributed by atoms with van der Waals surface area (Å²) in [5.74, 6) is 0.151. The number of hydrogen-bond donors (Lipinski definition) is 0. The van der Waals surface area contributed by atoms with Gasteiger partial charge in [-0.05, 0) is 37.0 Å². The van der Waals surface area contributed by atoms with E-state index in [1.54, 1.807) is 0 Å². The van der Waals surface area contributed by atoms with Crippen molar-refractivity contribution >= 4 is 11.8 Å². The summed E-state index contributed by atoms with van der Waals surface area (Å²) >= 11 is 0. The normalized spacial score (nSPS) is 22.3. The van der Waals surface area contributed by atoms with Crippen LogP contribution in [0.4, 0.5) is 0 Å². The summed E-state index contributed by atoms with van der Waals surface area (Å²) in [6, 6.07) is 17.9. The van der Waals surface area contributed by atoms with Crippen molar-refractivity contribution in [1.82, 2.24) is 9.80 Å². The van der Waals surface area contributed by atoms with E-state index < -0.39 is 0 Å². The van der Waals surface area contributed by atoms with Crippen molar-refractivity contribution in [3.8, 4) is 0 Å². The number of likely N-dealkylation sites (tertiary alicyclic amines) is 2. The van der Waals surface area contributed by atoms with Gasteiger partial charge in [-0.25, -0.2) is 0 Å². The molecular formula is C23H26N2O2. The molecule has 2 atom stereocenters. The maximum atomic E-state index is 13.2. The molecule has 0 saturated carbocycles. The smallest absolute Gasteiger partial charge is 0.254 e. The summed E-state index contributed by atoms with van der Waals surface area (Å²) in [6.45, 7) is 4.76. The van der Waals surface area contributed by atoms with Gasteiger partial charge in [0.15, 0.2) is 0 Å². The maximum Gasteiger partial charge on any atom is 0.254 e. The first kappa shape index (κ1) is 17.8. The average molecular weight is 362 g/mol. The molecule has 2 unspecified atom stereocenters. The standard InChI is InChI=1S/C23H26N2O2/c1-17-9-5-6-12-19(17)22(26)25-15-20(18-10-3-2-4-11-18)21(16-25)23(27)24-13-7-8-14-24/h2-6,9-12,20-21H,7-8,13-16H2,1H3. The first-order valence-corrected chi connectivity index (χ1v) is 9.84. The number of hydrogen-bond acceptors (Lipinski definition) is 2. The van der Waals surface area contributed by atoms with Gasteiger partial charge in [0.05, 0.1) is 5.92 Å². The monoisotopic (exact) mass is 362 g/mol. The molecule has 4 heteroatoms. The highest BCUT2D eigenvalue weighted by atomic mass is 16.2. The largest absolute Gasteiger partial charge is 0.342 e. The number of amides is 2. The molecule has 0 N–H and O–H groups in total. The van der Waals surface area contributed by atoms with Gasteiger partial charge in [-0.3, -0.25) is 9.59 Å². The van der Waals surface area contributed by atoms with Gasteiger partial charge in [0.2, 0.25) is 5.91 Å². The molecule has 4 rings (SSSR count). The highest BCUT2D eigenvalue weighted by molar-refractivity contribution is 5.96. The Labute approximate surface area is 160 Å². The van der Waals surface area contributed by atoms with Crippen LogP contribution in [0.5, 0.6) is 0 Å². The fraction of sp³-hybridized carbons (Fsp3) is 0.391. The van der Waals surface area contributed by atoms with Gasteiger partial charge in [0.25, 0.3) is 5.91 Å². The van der Waals surface area contributed by atoms with Crippen molar-refractivity contribution in [1.29, 1.82) is 0 Å². The van der Waals surface area contributed by atoms with Gasteiger partial charge in [-0.1, -0.05) is 48.5 Å². The van der Waals surface area contributed by atoms with Crippen molar-refractivity contribution in [2.45, 2.75) is 25.7 Å². The molecule has 0 aliphatic carbocycles. The topological polar surface area (TPSA) is 40.6 Å². The Morgan fingerprint density at radius 3 is 2.22 bits per heavy atom. The summed E-state index contributed by atoms with van der Waals surface area (Å²) < 4.78 is 0. The fourth-order valence-corrected chi connectivity index (χ4v) is 4.41. The fourth-order valence-electron chi connectivity index (χ4n) is 4.41. The highest BCUT2D eigenvalue weighted by Crippen LogP contribution is 2.35. The zero-order valence-corrected chi connectivity index (χ0v) is 15.8. The predicted octanol–water partition coefficient (Wildman–Crippen LogP) is 3.47. The van der Waals surface area contributed by atoms with Crippen LogP contribution in [0, 0.1) is 12.8 Å². The molecule has 2 aliphatic heterocycles. The molecule has 4 nitrogen and oxygen atoms in total. The van der Waals surface area contributed by atoms with Crippen molar-refractivity contribution in [2.75, 3.05) is 26.2 Å². The Morgan fingerprint density at radius 2 is 1.52 bits per heavy atom. The van der Waals surface area contributed by atoms with Gasteiger partial charge in [0.1, 0.15) is 0 Å². The second kappa shape index (κ2) is 7.55. The summed E-state index contributed by atoms with van der Waals surface area (Å²) in [5, 5.41) is 0. The van der Waals surface area contributed by atoms with Gasteiger partial charge in [0, 0.05) is 37.7 Å². The van der Waals surface area contributed by atoms with Crippen LogP contribution in [0.15, 0.2) is 54.6 Å². The third-order valence-corrected chi connectivity index (χ3v) is 5.95. The molecule has 2 aliphatic rings. The molecule has 0 aromatic heterocycles. The Balaban J connectivity index is 1.61. The number of carbonyl (C=O) groups is 2. The minimum atomic E-state index is -0.154. The minimum absolute atomic E-state index is 0.0331. The third kappa shape index (κ3) is 3.48. The molecule has 2 fully saturated rings. The van der Waals surface area contributed by atoms with Crippen molar-refractivity contribution < 1.29 is 9.59 Å². The summed E-state index contributed by atoms with van der Waals surface area (Å²) in [6.07, 6.45) is 2.17. The van der Waals surface area contributed by atoms with Gasteiger partial charge < -0.3 is 9.80 Å². The second-order valence-electron chi connectivity index (χ2n) is 7.68. The Morgan fingerprint density at radius 1 is 0.852 bits per heavy atom. The first-order valence-electron chi connectivity index (χ1n) is 9.84. The van der Waals surface area contributed by atoms with Gasteiger partial charge in [-0.2, -0.15) is 0 Å². The van der Waals surface area contributed by atoms with Crippen LogP contribution in [0.2, 0.25) is 0 Å². The van der Waals surface area contributed by atoms with Crippen LogP contribution >= 0.6 is 0 Å². The maximum absolute atomic E-state index is 13.2. The SMILES string of the molecule is Cc1ccccc1C(=O)N1CC(C(=O)N2CCCC2)C(c2ccccc2)C1. The van der Waals surface area contributed by atoms with Crippen molar-refractivity contribution in [3.05, 3.63) is 71.3 Å². The number of benzene rings is 2. The molecule has 0 radical (unpaired) electrons. The lowest BCUT2D eigenvalue weighted by Gasteiger charge is -2.23. The average Bonchev–Trinajstić information content (AvgIpc) is 3.38. The van der Waals surface area contributed by atoms with E-state index in [1.165, 1.54) is 0 Å². The molecule has 0 spiro atoms. The molecule has 140 valence electrons. The predicted molar refractivity (Wildman–Crippen MR) is 106 cm³/mol. The Kier molecular flexibility index (Phi) is 4.97. The number of nitrogens with zero attached hydrogens (tertiary/aromatic N) is 2. The second-order valence-corrected chi connectivity index (χ2v) is 7.68. The van der Waals surface area contributed by atoms with Crippen LogP contribution in [0.1, 0.15) is 40.2 Å². The lowest BCUT2D eigenvalue weighted by molar-refractivity contribution is -0.134. The van der Waals surface area contributed by atoms with Gasteiger partial charge >= 0.3 is 0 Å². The first-order chi connectivity index (χ1) is 13.1. The zero-order valence-electron chi connectivity index (χ0n) is 15.8.